The second-order valence-electron chi connectivity index (χ2n) is 7.15. The van der Waals surface area contributed by atoms with Gasteiger partial charge < -0.3 is 15.3 Å². The van der Waals surface area contributed by atoms with E-state index in [0.717, 1.165) is 0 Å². The van der Waals surface area contributed by atoms with Crippen LogP contribution in [0, 0.1) is 30.3 Å². The summed E-state index contributed by atoms with van der Waals surface area (Å²) in [6, 6.07) is 2.29. The van der Waals surface area contributed by atoms with E-state index >= 15 is 0 Å². The largest absolute Gasteiger partial charge is 0.396 e. The Hall–Kier alpha value is -2.70. The summed E-state index contributed by atoms with van der Waals surface area (Å²) < 4.78 is 43.1. The van der Waals surface area contributed by atoms with Gasteiger partial charge in [0.05, 0.1) is 23.8 Å². The van der Waals surface area contributed by atoms with Crippen LogP contribution in [0.15, 0.2) is 22.8 Å². The van der Waals surface area contributed by atoms with E-state index in [1.54, 1.807) is 13.0 Å². The third-order valence-electron chi connectivity index (χ3n) is 4.80. The van der Waals surface area contributed by atoms with Crippen LogP contribution in [0.4, 0.5) is 24.7 Å². The van der Waals surface area contributed by atoms with Crippen molar-refractivity contribution in [3.05, 3.63) is 51.4 Å². The molecule has 172 valence electrons. The monoisotopic (exact) mass is 516 g/mol. The predicted molar refractivity (Wildman–Crippen MR) is 111 cm³/mol. The highest BCUT2D eigenvalue weighted by atomic mass is 79.9. The fourth-order valence-electron chi connectivity index (χ4n) is 3.00. The zero-order valence-electron chi connectivity index (χ0n) is 16.9. The summed E-state index contributed by atoms with van der Waals surface area (Å²) in [7, 11) is 0. The first-order valence-electron chi connectivity index (χ1n) is 9.61. The summed E-state index contributed by atoms with van der Waals surface area (Å²) in [4.78, 5) is 35.0. The fraction of sp³-hybridized carbons (Fsp3) is 0.350. The summed E-state index contributed by atoms with van der Waals surface area (Å²) in [5.41, 5.74) is 1.81. The maximum Gasteiger partial charge on any atom is 0.256 e. The molecule has 1 saturated heterocycles. The first-order chi connectivity index (χ1) is 15.2. The van der Waals surface area contributed by atoms with Crippen LogP contribution in [0.25, 0.3) is 0 Å². The number of pyridine rings is 1. The van der Waals surface area contributed by atoms with Gasteiger partial charge in [0.1, 0.15) is 5.82 Å². The second kappa shape index (κ2) is 10.3. The molecule has 1 aromatic heterocycles. The van der Waals surface area contributed by atoms with Crippen LogP contribution in [0.5, 0.6) is 0 Å². The number of amides is 2. The normalized spacial score (nSPS) is 13.6. The Morgan fingerprint density at radius 2 is 2.00 bits per heavy atom. The van der Waals surface area contributed by atoms with Crippen molar-refractivity contribution in [1.82, 2.24) is 15.4 Å². The average molecular weight is 517 g/mol. The number of halogens is 4. The van der Waals surface area contributed by atoms with Gasteiger partial charge in [0.15, 0.2) is 17.5 Å². The van der Waals surface area contributed by atoms with Crippen LogP contribution in [0.3, 0.4) is 0 Å². The van der Waals surface area contributed by atoms with Gasteiger partial charge in [-0.1, -0.05) is 0 Å². The van der Waals surface area contributed by atoms with Gasteiger partial charge in [-0.3, -0.25) is 14.4 Å². The van der Waals surface area contributed by atoms with E-state index < -0.39 is 46.4 Å². The Kier molecular flexibility index (Phi) is 7.69. The predicted octanol–water partition coefficient (Wildman–Crippen LogP) is 2.82. The first-order valence-corrected chi connectivity index (χ1v) is 10.4. The van der Waals surface area contributed by atoms with Gasteiger partial charge in [0, 0.05) is 30.4 Å². The minimum Gasteiger partial charge on any atom is -0.396 e. The molecule has 0 radical (unpaired) electrons. The summed E-state index contributed by atoms with van der Waals surface area (Å²) >= 11 is 3.24. The molecule has 12 heteroatoms. The van der Waals surface area contributed by atoms with E-state index in [-0.39, 0.29) is 32.1 Å². The third-order valence-corrected chi connectivity index (χ3v) is 5.23. The minimum absolute atomic E-state index is 0.0103. The molecule has 1 aromatic carbocycles. The summed E-state index contributed by atoms with van der Waals surface area (Å²) in [5.74, 6) is -6.43. The molecule has 0 saturated carbocycles. The van der Waals surface area contributed by atoms with Crippen molar-refractivity contribution in [3.8, 4) is 0 Å². The molecule has 3 rings (SSSR count). The number of aliphatic hydroxyl groups excluding tert-OH is 1. The average Bonchev–Trinajstić information content (AvgIpc) is 2.71. The number of hydroxylamine groups is 1. The second-order valence-corrected chi connectivity index (χ2v) is 8.07. The van der Waals surface area contributed by atoms with Gasteiger partial charge in [0.25, 0.3) is 5.91 Å². The number of carbonyl (C=O) groups excluding carboxylic acids is 2. The quantitative estimate of drug-likeness (QED) is 0.283. The highest BCUT2D eigenvalue weighted by Crippen LogP contribution is 2.31. The fourth-order valence-corrected chi connectivity index (χ4v) is 3.44. The molecule has 0 unspecified atom stereocenters. The Bertz CT molecular complexity index is 1030. The van der Waals surface area contributed by atoms with Crippen molar-refractivity contribution < 1.29 is 32.7 Å². The lowest BCUT2D eigenvalue weighted by Crippen LogP contribution is -2.55. The number of hydrogen-bond donors (Lipinski definition) is 3. The highest BCUT2D eigenvalue weighted by Gasteiger charge is 2.38. The lowest BCUT2D eigenvalue weighted by Gasteiger charge is -2.38. The number of aryl methyl sites for hydroxylation is 1. The molecule has 0 aliphatic carbocycles. The van der Waals surface area contributed by atoms with Crippen molar-refractivity contribution in [2.45, 2.75) is 13.3 Å². The zero-order valence-corrected chi connectivity index (χ0v) is 18.5. The molecule has 1 fully saturated rings. The number of benzene rings is 1. The first kappa shape index (κ1) is 24.0. The van der Waals surface area contributed by atoms with Crippen LogP contribution in [0.2, 0.25) is 0 Å². The van der Waals surface area contributed by atoms with Crippen molar-refractivity contribution in [3.63, 3.8) is 0 Å². The van der Waals surface area contributed by atoms with Crippen LogP contribution < -0.4 is 10.8 Å². The molecule has 1 aliphatic heterocycles. The topological polar surface area (TPSA) is 104 Å². The lowest BCUT2D eigenvalue weighted by atomic mass is 9.97. The Labute approximate surface area is 189 Å². The van der Waals surface area contributed by atoms with Crippen molar-refractivity contribution >= 4 is 39.2 Å². The third kappa shape index (κ3) is 5.19. The molecular formula is C20H20BrF3N4O4. The SMILES string of the molecule is Cc1cc(Br)cnc1Nc1c(C(=O)N2CC(C(=O)NOCCCO)C2)cc(F)c(F)c1F. The summed E-state index contributed by atoms with van der Waals surface area (Å²) in [6.07, 6.45) is 1.77. The molecule has 8 nitrogen and oxygen atoms in total. The highest BCUT2D eigenvalue weighted by molar-refractivity contribution is 9.10. The molecule has 32 heavy (non-hydrogen) atoms. The van der Waals surface area contributed by atoms with E-state index in [2.05, 4.69) is 31.7 Å². The molecule has 2 aromatic rings. The van der Waals surface area contributed by atoms with E-state index in [1.165, 1.54) is 11.1 Å². The number of anilines is 2. The smallest absolute Gasteiger partial charge is 0.256 e. The van der Waals surface area contributed by atoms with Gasteiger partial charge in [-0.05, 0) is 47.0 Å². The number of likely N-dealkylation sites (tertiary alicyclic amines) is 1. The van der Waals surface area contributed by atoms with E-state index in [0.29, 0.717) is 22.5 Å². The molecule has 1 aliphatic rings. The maximum absolute atomic E-state index is 14.6. The molecule has 0 spiro atoms. The maximum atomic E-state index is 14.6. The Morgan fingerprint density at radius 1 is 1.28 bits per heavy atom. The number of carbonyl (C=O) groups is 2. The van der Waals surface area contributed by atoms with Crippen LogP contribution in [-0.2, 0) is 9.63 Å². The number of aliphatic hydroxyl groups is 1. The Balaban J connectivity index is 1.76. The van der Waals surface area contributed by atoms with Gasteiger partial charge in [0.2, 0.25) is 5.91 Å². The number of nitrogens with zero attached hydrogens (tertiary/aromatic N) is 2. The van der Waals surface area contributed by atoms with Crippen molar-refractivity contribution in [1.29, 1.82) is 0 Å². The van der Waals surface area contributed by atoms with Gasteiger partial charge in [-0.25, -0.2) is 23.6 Å². The van der Waals surface area contributed by atoms with Crippen LogP contribution in [0.1, 0.15) is 22.3 Å². The molecule has 2 heterocycles. The van der Waals surface area contributed by atoms with E-state index in [4.69, 9.17) is 9.94 Å². The lowest BCUT2D eigenvalue weighted by molar-refractivity contribution is -0.142. The zero-order chi connectivity index (χ0) is 23.4. The Morgan fingerprint density at radius 3 is 2.66 bits per heavy atom. The number of aromatic nitrogens is 1. The summed E-state index contributed by atoms with van der Waals surface area (Å²) in [6.45, 7) is 1.69. The summed E-state index contributed by atoms with van der Waals surface area (Å²) in [5, 5.41) is 11.3. The van der Waals surface area contributed by atoms with E-state index in [9.17, 15) is 22.8 Å². The number of hydrogen-bond acceptors (Lipinski definition) is 6. The van der Waals surface area contributed by atoms with E-state index in [1.807, 2.05) is 0 Å². The van der Waals surface area contributed by atoms with Gasteiger partial charge in [-0.15, -0.1) is 0 Å². The molecule has 3 N–H and O–H groups in total. The number of rotatable bonds is 8. The standard InChI is InChI=1S/C20H20BrF3N4O4/c1-10-5-12(21)7-25-18(10)26-17-13(6-14(22)15(23)16(17)24)20(31)28-8-11(9-28)19(30)27-32-4-2-3-29/h5-7,11,29H,2-4,8-9H2,1H3,(H,25,26)(H,27,30). The van der Waals surface area contributed by atoms with Crippen molar-refractivity contribution in [2.75, 3.05) is 31.6 Å². The number of nitrogens with one attached hydrogen (secondary N) is 2. The molecule has 2 amide bonds. The molecular weight excluding hydrogens is 497 g/mol. The van der Waals surface area contributed by atoms with Crippen LogP contribution >= 0.6 is 15.9 Å². The van der Waals surface area contributed by atoms with Gasteiger partial charge >= 0.3 is 0 Å². The van der Waals surface area contributed by atoms with Crippen LogP contribution in [-0.4, -0.2) is 53.1 Å². The van der Waals surface area contributed by atoms with Gasteiger partial charge in [-0.2, -0.15) is 0 Å². The molecule has 0 atom stereocenters. The molecule has 0 bridgehead atoms. The minimum atomic E-state index is -1.72. The van der Waals surface area contributed by atoms with Crippen molar-refractivity contribution in [2.24, 2.45) is 5.92 Å².